The molecule has 0 heterocycles. The Balaban J connectivity index is 3.60. The fourth-order valence-corrected chi connectivity index (χ4v) is 0.505. The quantitative estimate of drug-likeness (QED) is 0.375. The van der Waals surface area contributed by atoms with Crippen molar-refractivity contribution in [1.29, 1.82) is 0 Å². The summed E-state index contributed by atoms with van der Waals surface area (Å²) >= 11 is 0. The lowest BCUT2D eigenvalue weighted by Gasteiger charge is -1.99. The summed E-state index contributed by atoms with van der Waals surface area (Å²) in [4.78, 5) is 18.7. The minimum Gasteiger partial charge on any atom is -0.452 e. The summed E-state index contributed by atoms with van der Waals surface area (Å²) in [6, 6.07) is 0. The lowest BCUT2D eigenvalue weighted by Crippen LogP contribution is -2.03. The summed E-state index contributed by atoms with van der Waals surface area (Å²) in [5.41, 5.74) is 0.225. The minimum atomic E-state index is -2.70. The Bertz CT molecular complexity index is 174. The summed E-state index contributed by atoms with van der Waals surface area (Å²) in [6.45, 7) is 4.76. The molecule has 0 amide bonds. The number of carbonyl (C=O) groups excluding carboxylic acids is 1. The Hall–Kier alpha value is -0.600. The van der Waals surface area contributed by atoms with E-state index in [0.717, 1.165) is 0 Å². The number of hydrogen-bond acceptors (Lipinski definition) is 3. The lowest BCUT2D eigenvalue weighted by atomic mass is 10.4. The van der Waals surface area contributed by atoms with Crippen LogP contribution in [-0.4, -0.2) is 17.2 Å². The highest BCUT2D eigenvalue weighted by Crippen LogP contribution is 2.12. The molecule has 0 aromatic rings. The number of ether oxygens (including phenoxy) is 1. The summed E-state index contributed by atoms with van der Waals surface area (Å²) in [5, 5.41) is 0. The Morgan fingerprint density at radius 2 is 2.30 bits per heavy atom. The molecule has 0 aliphatic heterocycles. The first kappa shape index (κ1) is 9.40. The molecule has 0 aliphatic carbocycles. The van der Waals surface area contributed by atoms with E-state index in [4.69, 9.17) is 4.89 Å². The van der Waals surface area contributed by atoms with Crippen LogP contribution in [0.25, 0.3) is 0 Å². The van der Waals surface area contributed by atoms with Crippen LogP contribution in [0.15, 0.2) is 12.2 Å². The second kappa shape index (κ2) is 4.25. The zero-order valence-electron chi connectivity index (χ0n) is 5.59. The SMILES string of the molecule is C=C(C)C(=O)OC[PH](=O)O. The first-order valence-electron chi connectivity index (χ1n) is 2.58. The second-order valence-electron chi connectivity index (χ2n) is 1.75. The Morgan fingerprint density at radius 3 is 2.60 bits per heavy atom. The van der Waals surface area contributed by atoms with Gasteiger partial charge in [0.2, 0.25) is 8.03 Å². The van der Waals surface area contributed by atoms with Gasteiger partial charge in [0, 0.05) is 5.57 Å². The minimum absolute atomic E-state index is 0.225. The van der Waals surface area contributed by atoms with Crippen LogP contribution in [0.3, 0.4) is 0 Å². The van der Waals surface area contributed by atoms with Gasteiger partial charge in [-0.1, -0.05) is 6.58 Å². The molecule has 1 N–H and O–H groups in total. The van der Waals surface area contributed by atoms with Crippen LogP contribution in [0.1, 0.15) is 6.92 Å². The van der Waals surface area contributed by atoms with E-state index < -0.39 is 20.3 Å². The van der Waals surface area contributed by atoms with Gasteiger partial charge >= 0.3 is 5.97 Å². The molecule has 0 saturated carbocycles. The van der Waals surface area contributed by atoms with Gasteiger partial charge in [-0.2, -0.15) is 0 Å². The van der Waals surface area contributed by atoms with Gasteiger partial charge in [0.25, 0.3) is 0 Å². The second-order valence-corrected chi connectivity index (χ2v) is 2.83. The zero-order chi connectivity index (χ0) is 8.15. The predicted octanol–water partition coefficient (Wildman–Crippen LogP) is 0.530. The molecular weight excluding hydrogens is 155 g/mol. The smallest absolute Gasteiger partial charge is 0.333 e. The van der Waals surface area contributed by atoms with Gasteiger partial charge in [-0.15, -0.1) is 0 Å². The predicted molar refractivity (Wildman–Crippen MR) is 37.0 cm³/mol. The average molecular weight is 164 g/mol. The van der Waals surface area contributed by atoms with E-state index in [1.807, 2.05) is 0 Å². The van der Waals surface area contributed by atoms with Crippen LogP contribution in [0.4, 0.5) is 0 Å². The first-order valence-corrected chi connectivity index (χ1v) is 4.14. The van der Waals surface area contributed by atoms with Crippen molar-refractivity contribution in [3.63, 3.8) is 0 Å². The van der Waals surface area contributed by atoms with E-state index in [1.54, 1.807) is 0 Å². The van der Waals surface area contributed by atoms with Crippen molar-refractivity contribution >= 4 is 14.0 Å². The highest BCUT2D eigenvalue weighted by atomic mass is 31.1. The van der Waals surface area contributed by atoms with Gasteiger partial charge < -0.3 is 9.63 Å². The molecule has 0 aromatic carbocycles. The van der Waals surface area contributed by atoms with Gasteiger partial charge in [0.1, 0.15) is 0 Å². The first-order chi connectivity index (χ1) is 4.54. The molecule has 1 unspecified atom stereocenters. The maximum Gasteiger partial charge on any atom is 0.333 e. The highest BCUT2D eigenvalue weighted by Gasteiger charge is 2.03. The van der Waals surface area contributed by atoms with E-state index in [2.05, 4.69) is 11.3 Å². The molecule has 0 fully saturated rings. The monoisotopic (exact) mass is 164 g/mol. The van der Waals surface area contributed by atoms with Gasteiger partial charge in [0.15, 0.2) is 6.35 Å². The van der Waals surface area contributed by atoms with Gasteiger partial charge in [-0.05, 0) is 6.92 Å². The molecule has 1 atom stereocenters. The van der Waals surface area contributed by atoms with Gasteiger partial charge in [-0.3, -0.25) is 4.57 Å². The third-order valence-corrected chi connectivity index (χ3v) is 1.07. The summed E-state index contributed by atoms with van der Waals surface area (Å²) < 4.78 is 14.3. The van der Waals surface area contributed by atoms with Crippen molar-refractivity contribution in [2.45, 2.75) is 6.92 Å². The Kier molecular flexibility index (Phi) is 4.00. The number of carbonyl (C=O) groups is 1. The summed E-state index contributed by atoms with van der Waals surface area (Å²) in [7, 11) is -2.70. The van der Waals surface area contributed by atoms with Crippen LogP contribution in [-0.2, 0) is 14.1 Å². The zero-order valence-corrected chi connectivity index (χ0v) is 6.59. The van der Waals surface area contributed by atoms with E-state index in [9.17, 15) is 9.36 Å². The molecule has 0 bridgehead atoms. The van der Waals surface area contributed by atoms with Crippen LogP contribution >= 0.6 is 8.03 Å². The van der Waals surface area contributed by atoms with E-state index >= 15 is 0 Å². The summed E-state index contributed by atoms with van der Waals surface area (Å²) in [6.07, 6.45) is -0.420. The molecule has 5 heteroatoms. The molecule has 0 spiro atoms. The van der Waals surface area contributed by atoms with Crippen LogP contribution in [0.2, 0.25) is 0 Å². The maximum atomic E-state index is 10.5. The third kappa shape index (κ3) is 4.30. The van der Waals surface area contributed by atoms with Crippen LogP contribution in [0.5, 0.6) is 0 Å². The van der Waals surface area contributed by atoms with Gasteiger partial charge in [-0.25, -0.2) is 4.79 Å². The number of esters is 1. The standard InChI is InChI=1S/C5H9O4P/c1-4(2)5(6)9-3-10(7)8/h10H,1,3H2,2H3,(H,7,8). The van der Waals surface area contributed by atoms with Gasteiger partial charge in [0.05, 0.1) is 0 Å². The number of rotatable bonds is 3. The summed E-state index contributed by atoms with van der Waals surface area (Å²) in [5.74, 6) is -0.632. The molecule has 58 valence electrons. The molecule has 4 nitrogen and oxygen atoms in total. The molecule has 0 rings (SSSR count). The van der Waals surface area contributed by atoms with Crippen molar-refractivity contribution < 1.29 is 19.0 Å². The van der Waals surface area contributed by atoms with E-state index in [-0.39, 0.29) is 5.57 Å². The Morgan fingerprint density at radius 1 is 1.80 bits per heavy atom. The normalized spacial score (nSPS) is 12.2. The van der Waals surface area contributed by atoms with Crippen molar-refractivity contribution in [2.75, 3.05) is 6.35 Å². The van der Waals surface area contributed by atoms with Crippen molar-refractivity contribution in [2.24, 2.45) is 0 Å². The van der Waals surface area contributed by atoms with Crippen LogP contribution < -0.4 is 0 Å². The molecule has 10 heavy (non-hydrogen) atoms. The average Bonchev–Trinajstić information content (AvgIpc) is 1.82. The third-order valence-electron chi connectivity index (χ3n) is 0.675. The lowest BCUT2D eigenvalue weighted by molar-refractivity contribution is -0.137. The fourth-order valence-electron chi connectivity index (χ4n) is 0.250. The largest absolute Gasteiger partial charge is 0.452 e. The molecule has 0 radical (unpaired) electrons. The van der Waals surface area contributed by atoms with Crippen molar-refractivity contribution in [1.82, 2.24) is 0 Å². The van der Waals surface area contributed by atoms with Crippen molar-refractivity contribution in [3.8, 4) is 0 Å². The van der Waals surface area contributed by atoms with Crippen LogP contribution in [0, 0.1) is 0 Å². The van der Waals surface area contributed by atoms with Crippen molar-refractivity contribution in [3.05, 3.63) is 12.2 Å². The fraction of sp³-hybridized carbons (Fsp3) is 0.400. The molecular formula is C5H9O4P. The van der Waals surface area contributed by atoms with E-state index in [0.29, 0.717) is 0 Å². The highest BCUT2D eigenvalue weighted by molar-refractivity contribution is 7.37. The maximum absolute atomic E-state index is 10.5. The topological polar surface area (TPSA) is 63.6 Å². The molecule has 0 aliphatic rings. The molecule has 0 aromatic heterocycles. The molecule has 0 saturated heterocycles. The Labute approximate surface area is 59.4 Å². The van der Waals surface area contributed by atoms with E-state index in [1.165, 1.54) is 6.92 Å². The number of hydrogen-bond donors (Lipinski definition) is 1.